The minimum atomic E-state index is -0.781. The third-order valence-electron chi connectivity index (χ3n) is 6.27. The molecule has 2 aromatic heterocycles. The summed E-state index contributed by atoms with van der Waals surface area (Å²) in [7, 11) is 1.37. The fourth-order valence-corrected chi connectivity index (χ4v) is 4.30. The Bertz CT molecular complexity index is 1330. The van der Waals surface area contributed by atoms with Gasteiger partial charge in [0.2, 0.25) is 5.95 Å². The summed E-state index contributed by atoms with van der Waals surface area (Å²) in [4.78, 5) is 55.7. The predicted octanol–water partition coefficient (Wildman–Crippen LogP) is 1.20. The Balaban J connectivity index is 1.45. The van der Waals surface area contributed by atoms with E-state index in [1.807, 2.05) is 0 Å². The van der Waals surface area contributed by atoms with Crippen LogP contribution in [0.5, 0.6) is 0 Å². The molecule has 4 rings (SSSR count). The number of nitrogens with one attached hydrogen (secondary N) is 1. The zero-order valence-electron chi connectivity index (χ0n) is 21.2. The highest BCUT2D eigenvalue weighted by Gasteiger charge is 2.28. The highest BCUT2D eigenvalue weighted by atomic mass is 16.5. The molecule has 3 aromatic rings. The lowest BCUT2D eigenvalue weighted by atomic mass is 9.96. The van der Waals surface area contributed by atoms with Gasteiger partial charge in [0, 0.05) is 30.8 Å². The molecule has 3 heterocycles. The average molecular weight is 523 g/mol. The van der Waals surface area contributed by atoms with E-state index in [0.29, 0.717) is 42.9 Å². The fourth-order valence-electron chi connectivity index (χ4n) is 4.30. The number of piperidine rings is 1. The number of fused-ring (bicyclic) bond motifs is 1. The number of nitrogens with zero attached hydrogens (tertiary/aromatic N) is 5. The number of carbonyl (C=O) groups excluding carboxylic acids is 3. The van der Waals surface area contributed by atoms with Crippen molar-refractivity contribution in [1.29, 1.82) is 0 Å². The van der Waals surface area contributed by atoms with E-state index in [9.17, 15) is 14.4 Å². The Kier molecular flexibility index (Phi) is 8.14. The summed E-state index contributed by atoms with van der Waals surface area (Å²) >= 11 is 0. The molecule has 0 saturated carbocycles. The Morgan fingerprint density at radius 1 is 1.11 bits per heavy atom. The Hall–Kier alpha value is -4.55. The first-order valence-corrected chi connectivity index (χ1v) is 12.2. The minimum absolute atomic E-state index is 0.00396. The normalized spacial score (nSPS) is 14.6. The number of carbonyl (C=O) groups is 3. The number of hydrogen-bond acceptors (Lipinski definition) is 12. The number of nitrogens with two attached hydrogens (primary N) is 2. The number of rotatable bonds is 8. The van der Waals surface area contributed by atoms with Crippen molar-refractivity contribution in [2.24, 2.45) is 5.92 Å². The standard InChI is InChI=1S/C25H30N8O5/c1-3-38-24(36)18(12-17-13-28-21-19(30-17)20(26)31-25(27)32-21)29-16-6-4-14(5-7-16)22(34)33-10-8-15(9-11-33)23(35)37-2/h4-7,13,15,18,29H,3,8-12H2,1-2H3,(H4,26,27,28,31,32). The molecule has 13 heteroatoms. The van der Waals surface area contributed by atoms with Crippen LogP contribution in [0.3, 0.4) is 0 Å². The van der Waals surface area contributed by atoms with Crippen molar-refractivity contribution in [3.63, 3.8) is 0 Å². The van der Waals surface area contributed by atoms with Gasteiger partial charge in [-0.2, -0.15) is 9.97 Å². The first-order valence-electron chi connectivity index (χ1n) is 12.2. The molecule has 38 heavy (non-hydrogen) atoms. The number of amides is 1. The van der Waals surface area contributed by atoms with Crippen LogP contribution in [0, 0.1) is 5.92 Å². The van der Waals surface area contributed by atoms with Gasteiger partial charge in [0.1, 0.15) is 6.04 Å². The second-order valence-electron chi connectivity index (χ2n) is 8.82. The quantitative estimate of drug-likeness (QED) is 0.359. The number of likely N-dealkylation sites (tertiary alicyclic amines) is 1. The lowest BCUT2D eigenvalue weighted by Crippen LogP contribution is -2.40. The van der Waals surface area contributed by atoms with Gasteiger partial charge in [-0.1, -0.05) is 0 Å². The van der Waals surface area contributed by atoms with Crippen LogP contribution in [0.25, 0.3) is 11.2 Å². The van der Waals surface area contributed by atoms with Gasteiger partial charge in [-0.3, -0.25) is 9.59 Å². The topological polar surface area (TPSA) is 189 Å². The van der Waals surface area contributed by atoms with E-state index < -0.39 is 12.0 Å². The molecule has 1 saturated heterocycles. The van der Waals surface area contributed by atoms with Gasteiger partial charge in [0.15, 0.2) is 17.0 Å². The lowest BCUT2D eigenvalue weighted by Gasteiger charge is -2.30. The van der Waals surface area contributed by atoms with Gasteiger partial charge in [-0.25, -0.2) is 14.8 Å². The van der Waals surface area contributed by atoms with Gasteiger partial charge >= 0.3 is 11.9 Å². The first-order chi connectivity index (χ1) is 18.3. The van der Waals surface area contributed by atoms with E-state index in [2.05, 4.69) is 25.3 Å². The maximum atomic E-state index is 12.9. The molecule has 200 valence electrons. The molecule has 0 spiro atoms. The molecule has 1 atom stereocenters. The van der Waals surface area contributed by atoms with E-state index in [1.165, 1.54) is 13.3 Å². The summed E-state index contributed by atoms with van der Waals surface area (Å²) in [5, 5.41) is 3.15. The molecule has 1 fully saturated rings. The molecule has 0 aliphatic carbocycles. The van der Waals surface area contributed by atoms with E-state index >= 15 is 0 Å². The zero-order valence-corrected chi connectivity index (χ0v) is 21.2. The monoisotopic (exact) mass is 522 g/mol. The highest BCUT2D eigenvalue weighted by molar-refractivity contribution is 5.95. The van der Waals surface area contributed by atoms with Crippen molar-refractivity contribution >= 4 is 46.5 Å². The molecular formula is C25H30N8O5. The number of hydrogen-bond donors (Lipinski definition) is 3. The number of anilines is 3. The van der Waals surface area contributed by atoms with E-state index in [4.69, 9.17) is 20.9 Å². The third-order valence-corrected chi connectivity index (χ3v) is 6.27. The maximum Gasteiger partial charge on any atom is 0.328 e. The zero-order chi connectivity index (χ0) is 27.2. The molecule has 1 aliphatic rings. The smallest absolute Gasteiger partial charge is 0.328 e. The summed E-state index contributed by atoms with van der Waals surface area (Å²) in [6.45, 7) is 2.90. The van der Waals surface area contributed by atoms with Crippen molar-refractivity contribution in [2.75, 3.05) is 43.6 Å². The van der Waals surface area contributed by atoms with Gasteiger partial charge in [0.05, 0.1) is 31.5 Å². The van der Waals surface area contributed by atoms with Crippen LogP contribution in [-0.4, -0.2) is 75.5 Å². The molecule has 1 amide bonds. The first kappa shape index (κ1) is 26.5. The summed E-state index contributed by atoms with van der Waals surface area (Å²) in [5.74, 6) is -0.907. The predicted molar refractivity (Wildman–Crippen MR) is 139 cm³/mol. The van der Waals surface area contributed by atoms with Crippen LogP contribution >= 0.6 is 0 Å². The van der Waals surface area contributed by atoms with E-state index in [0.717, 1.165) is 0 Å². The number of methoxy groups -OCH3 is 1. The average Bonchev–Trinajstić information content (AvgIpc) is 2.92. The number of esters is 2. The number of aromatic nitrogens is 4. The number of benzene rings is 1. The molecule has 1 unspecified atom stereocenters. The molecular weight excluding hydrogens is 492 g/mol. The number of ether oxygens (including phenoxy) is 2. The largest absolute Gasteiger partial charge is 0.469 e. The molecule has 1 aliphatic heterocycles. The van der Waals surface area contributed by atoms with E-state index in [1.54, 1.807) is 36.1 Å². The van der Waals surface area contributed by atoms with Crippen LogP contribution in [0.4, 0.5) is 17.5 Å². The summed E-state index contributed by atoms with van der Waals surface area (Å²) in [5.41, 5.74) is 13.7. The second kappa shape index (κ2) is 11.7. The van der Waals surface area contributed by atoms with Gasteiger partial charge in [0.25, 0.3) is 5.91 Å². The SMILES string of the molecule is CCOC(=O)C(Cc1cnc2nc(N)nc(N)c2n1)Nc1ccc(C(=O)N2CCC(C(=O)OC)CC2)cc1. The van der Waals surface area contributed by atoms with Crippen LogP contribution in [0.15, 0.2) is 30.5 Å². The van der Waals surface area contributed by atoms with Gasteiger partial charge in [-0.05, 0) is 44.0 Å². The third kappa shape index (κ3) is 6.05. The fraction of sp³-hybridized carbons (Fsp3) is 0.400. The summed E-state index contributed by atoms with van der Waals surface area (Å²) < 4.78 is 10.0. The Morgan fingerprint density at radius 3 is 2.47 bits per heavy atom. The van der Waals surface area contributed by atoms with Gasteiger partial charge < -0.3 is 31.2 Å². The van der Waals surface area contributed by atoms with Crippen LogP contribution in [0.1, 0.15) is 35.8 Å². The highest BCUT2D eigenvalue weighted by Crippen LogP contribution is 2.22. The molecule has 0 bridgehead atoms. The molecule has 0 radical (unpaired) electrons. The summed E-state index contributed by atoms with van der Waals surface area (Å²) in [6, 6.07) is 6.05. The van der Waals surface area contributed by atoms with Crippen molar-refractivity contribution in [2.45, 2.75) is 32.2 Å². The summed E-state index contributed by atoms with van der Waals surface area (Å²) in [6.07, 6.45) is 2.79. The van der Waals surface area contributed by atoms with Crippen molar-refractivity contribution in [3.05, 3.63) is 41.7 Å². The number of nitrogen functional groups attached to an aromatic ring is 2. The van der Waals surface area contributed by atoms with Crippen LogP contribution < -0.4 is 16.8 Å². The van der Waals surface area contributed by atoms with Crippen LogP contribution in [-0.2, 0) is 25.5 Å². The second-order valence-corrected chi connectivity index (χ2v) is 8.82. The van der Waals surface area contributed by atoms with Crippen molar-refractivity contribution in [3.8, 4) is 0 Å². The molecule has 5 N–H and O–H groups in total. The lowest BCUT2D eigenvalue weighted by molar-refractivity contribution is -0.147. The minimum Gasteiger partial charge on any atom is -0.469 e. The molecule has 13 nitrogen and oxygen atoms in total. The Morgan fingerprint density at radius 2 is 1.82 bits per heavy atom. The van der Waals surface area contributed by atoms with E-state index in [-0.39, 0.29) is 53.8 Å². The van der Waals surface area contributed by atoms with Crippen molar-refractivity contribution in [1.82, 2.24) is 24.8 Å². The maximum absolute atomic E-state index is 12.9. The molecule has 1 aromatic carbocycles. The van der Waals surface area contributed by atoms with Crippen molar-refractivity contribution < 1.29 is 23.9 Å². The van der Waals surface area contributed by atoms with Crippen LogP contribution in [0.2, 0.25) is 0 Å². The Labute approximate surface area is 218 Å². The van der Waals surface area contributed by atoms with Gasteiger partial charge in [-0.15, -0.1) is 0 Å².